The highest BCUT2D eigenvalue weighted by molar-refractivity contribution is 5.35. The van der Waals surface area contributed by atoms with Gasteiger partial charge >= 0.3 is 0 Å². The smallest absolute Gasteiger partial charge is 0.0156 e. The summed E-state index contributed by atoms with van der Waals surface area (Å²) in [7, 11) is 0. The highest BCUT2D eigenvalue weighted by atomic mass is 14.3. The van der Waals surface area contributed by atoms with E-state index in [1.54, 1.807) is 11.1 Å². The Morgan fingerprint density at radius 3 is 2.75 bits per heavy atom. The molecule has 0 nitrogen and oxygen atoms in total. The van der Waals surface area contributed by atoms with Crippen LogP contribution in [0.2, 0.25) is 0 Å². The van der Waals surface area contributed by atoms with Crippen LogP contribution in [0.3, 0.4) is 0 Å². The lowest BCUT2D eigenvalue weighted by Crippen LogP contribution is -2.01. The van der Waals surface area contributed by atoms with Gasteiger partial charge in [-0.25, -0.2) is 0 Å². The lowest BCUT2D eigenvalue weighted by Gasteiger charge is -2.12. The molecular weight excluding hydrogens is 144 g/mol. The van der Waals surface area contributed by atoms with Crippen molar-refractivity contribution in [3.63, 3.8) is 0 Å². The van der Waals surface area contributed by atoms with Crippen molar-refractivity contribution in [3.8, 4) is 0 Å². The topological polar surface area (TPSA) is 0 Å². The summed E-state index contributed by atoms with van der Waals surface area (Å²) in [6.07, 6.45) is 2.61. The van der Waals surface area contributed by atoms with Crippen LogP contribution in [0, 0.1) is 5.92 Å². The average Bonchev–Trinajstić information content (AvgIpc) is 2.44. The molecule has 0 amide bonds. The molecule has 0 spiro atoms. The second-order valence-corrected chi connectivity index (χ2v) is 3.86. The first kappa shape index (κ1) is 7.85. The number of rotatable bonds is 1. The van der Waals surface area contributed by atoms with Gasteiger partial charge in [0.05, 0.1) is 0 Å². The highest BCUT2D eigenvalue weighted by Gasteiger charge is 2.26. The van der Waals surface area contributed by atoms with Gasteiger partial charge < -0.3 is 0 Å². The van der Waals surface area contributed by atoms with E-state index in [4.69, 9.17) is 0 Å². The van der Waals surface area contributed by atoms with E-state index in [1.165, 1.54) is 12.8 Å². The SMILES string of the molecule is CCC1Cc2ccccc2C1C. The third-order valence-electron chi connectivity index (χ3n) is 3.26. The van der Waals surface area contributed by atoms with E-state index in [0.717, 1.165) is 11.8 Å². The molecule has 2 atom stereocenters. The van der Waals surface area contributed by atoms with Gasteiger partial charge in [0.25, 0.3) is 0 Å². The zero-order valence-electron chi connectivity index (χ0n) is 7.88. The van der Waals surface area contributed by atoms with E-state index in [1.807, 2.05) is 0 Å². The first-order valence-corrected chi connectivity index (χ1v) is 4.90. The maximum Gasteiger partial charge on any atom is -0.0156 e. The van der Waals surface area contributed by atoms with Crippen molar-refractivity contribution < 1.29 is 0 Å². The molecule has 0 saturated carbocycles. The maximum absolute atomic E-state index is 2.36. The fraction of sp³-hybridized carbons (Fsp3) is 0.500. The van der Waals surface area contributed by atoms with Gasteiger partial charge in [-0.2, -0.15) is 0 Å². The van der Waals surface area contributed by atoms with Crippen molar-refractivity contribution in [1.29, 1.82) is 0 Å². The minimum absolute atomic E-state index is 0.784. The molecule has 0 bridgehead atoms. The van der Waals surface area contributed by atoms with Crippen molar-refractivity contribution in [3.05, 3.63) is 35.4 Å². The number of fused-ring (bicyclic) bond motifs is 1. The van der Waals surface area contributed by atoms with Crippen molar-refractivity contribution in [2.24, 2.45) is 5.92 Å². The van der Waals surface area contributed by atoms with Crippen LogP contribution < -0.4 is 0 Å². The summed E-state index contributed by atoms with van der Waals surface area (Å²) in [6, 6.07) is 8.88. The third kappa shape index (κ3) is 1.06. The molecule has 2 unspecified atom stereocenters. The molecule has 1 aliphatic carbocycles. The summed E-state index contributed by atoms with van der Waals surface area (Å²) >= 11 is 0. The summed E-state index contributed by atoms with van der Waals surface area (Å²) in [5, 5.41) is 0. The molecular formula is C12H16. The summed E-state index contributed by atoms with van der Waals surface area (Å²) < 4.78 is 0. The van der Waals surface area contributed by atoms with E-state index in [0.29, 0.717) is 0 Å². The van der Waals surface area contributed by atoms with Crippen LogP contribution >= 0.6 is 0 Å². The minimum Gasteiger partial charge on any atom is -0.0651 e. The lowest BCUT2D eigenvalue weighted by atomic mass is 9.93. The normalized spacial score (nSPS) is 27.2. The van der Waals surface area contributed by atoms with Gasteiger partial charge in [-0.3, -0.25) is 0 Å². The van der Waals surface area contributed by atoms with Gasteiger partial charge in [-0.15, -0.1) is 0 Å². The van der Waals surface area contributed by atoms with Gasteiger partial charge in [0.15, 0.2) is 0 Å². The molecule has 0 heterocycles. The number of hydrogen-bond acceptors (Lipinski definition) is 0. The molecule has 0 saturated heterocycles. The molecule has 0 aliphatic heterocycles. The average molecular weight is 160 g/mol. The zero-order valence-corrected chi connectivity index (χ0v) is 7.88. The molecule has 0 aromatic heterocycles. The van der Waals surface area contributed by atoms with Crippen LogP contribution in [0.4, 0.5) is 0 Å². The minimum atomic E-state index is 0.784. The van der Waals surface area contributed by atoms with E-state index in [-0.39, 0.29) is 0 Å². The Morgan fingerprint density at radius 1 is 1.33 bits per heavy atom. The molecule has 12 heavy (non-hydrogen) atoms. The van der Waals surface area contributed by atoms with Crippen LogP contribution in [0.1, 0.15) is 37.3 Å². The Labute approximate surface area is 74.6 Å². The predicted molar refractivity (Wildman–Crippen MR) is 52.3 cm³/mol. The molecule has 0 fully saturated rings. The predicted octanol–water partition coefficient (Wildman–Crippen LogP) is 3.37. The van der Waals surface area contributed by atoms with Crippen LogP contribution in [-0.4, -0.2) is 0 Å². The Bertz CT molecular complexity index is 275. The molecule has 0 radical (unpaired) electrons. The molecule has 1 aromatic rings. The fourth-order valence-electron chi connectivity index (χ4n) is 2.38. The fourth-order valence-corrected chi connectivity index (χ4v) is 2.38. The van der Waals surface area contributed by atoms with Crippen molar-refractivity contribution in [2.45, 2.75) is 32.6 Å². The first-order chi connectivity index (χ1) is 5.83. The van der Waals surface area contributed by atoms with Crippen molar-refractivity contribution >= 4 is 0 Å². The largest absolute Gasteiger partial charge is 0.0651 e. The monoisotopic (exact) mass is 160 g/mol. The van der Waals surface area contributed by atoms with Crippen LogP contribution in [-0.2, 0) is 6.42 Å². The maximum atomic E-state index is 2.36. The van der Waals surface area contributed by atoms with E-state index in [9.17, 15) is 0 Å². The van der Waals surface area contributed by atoms with E-state index >= 15 is 0 Å². The second kappa shape index (κ2) is 2.93. The summed E-state index contributed by atoms with van der Waals surface area (Å²) in [6.45, 7) is 4.66. The van der Waals surface area contributed by atoms with Crippen LogP contribution in [0.5, 0.6) is 0 Å². The Hall–Kier alpha value is -0.780. The Morgan fingerprint density at radius 2 is 2.08 bits per heavy atom. The highest BCUT2D eigenvalue weighted by Crippen LogP contribution is 2.38. The first-order valence-electron chi connectivity index (χ1n) is 4.90. The second-order valence-electron chi connectivity index (χ2n) is 3.86. The summed E-state index contributed by atoms with van der Waals surface area (Å²) in [5.41, 5.74) is 3.17. The Balaban J connectivity index is 2.35. The molecule has 1 aliphatic rings. The third-order valence-corrected chi connectivity index (χ3v) is 3.26. The van der Waals surface area contributed by atoms with Gasteiger partial charge in [0.1, 0.15) is 0 Å². The van der Waals surface area contributed by atoms with Gasteiger partial charge in [0, 0.05) is 0 Å². The summed E-state index contributed by atoms with van der Waals surface area (Å²) in [4.78, 5) is 0. The van der Waals surface area contributed by atoms with Crippen molar-refractivity contribution in [1.82, 2.24) is 0 Å². The molecule has 1 aromatic carbocycles. The Kier molecular flexibility index (Phi) is 1.92. The molecule has 2 rings (SSSR count). The van der Waals surface area contributed by atoms with Gasteiger partial charge in [-0.1, -0.05) is 44.5 Å². The zero-order chi connectivity index (χ0) is 8.55. The number of hydrogen-bond donors (Lipinski definition) is 0. The molecule has 0 heteroatoms. The van der Waals surface area contributed by atoms with E-state index in [2.05, 4.69) is 38.1 Å². The van der Waals surface area contributed by atoms with E-state index < -0.39 is 0 Å². The van der Waals surface area contributed by atoms with Gasteiger partial charge in [-0.05, 0) is 29.4 Å². The van der Waals surface area contributed by atoms with Crippen molar-refractivity contribution in [2.75, 3.05) is 0 Å². The standard InChI is InChI=1S/C12H16/c1-3-10-8-11-6-4-5-7-12(11)9(10)2/h4-7,9-10H,3,8H2,1-2H3. The molecule has 0 N–H and O–H groups in total. The van der Waals surface area contributed by atoms with Crippen LogP contribution in [0.15, 0.2) is 24.3 Å². The summed E-state index contributed by atoms with van der Waals surface area (Å²) in [5.74, 6) is 1.67. The van der Waals surface area contributed by atoms with Crippen LogP contribution in [0.25, 0.3) is 0 Å². The number of benzene rings is 1. The quantitative estimate of drug-likeness (QED) is 0.591. The molecule has 64 valence electrons. The lowest BCUT2D eigenvalue weighted by molar-refractivity contribution is 0.468. The van der Waals surface area contributed by atoms with Gasteiger partial charge in [0.2, 0.25) is 0 Å².